The molecule has 1 heterocycles. The number of nitrogens with zero attached hydrogens (tertiary/aromatic N) is 1. The minimum atomic E-state index is -1.07. The summed E-state index contributed by atoms with van der Waals surface area (Å²) in [6.07, 6.45) is 2.62. The van der Waals surface area contributed by atoms with E-state index >= 15 is 0 Å². The van der Waals surface area contributed by atoms with E-state index in [4.69, 9.17) is 4.74 Å². The average Bonchev–Trinajstić information content (AvgIpc) is 2.47. The topological polar surface area (TPSA) is 29.5 Å². The van der Waals surface area contributed by atoms with Crippen LogP contribution in [0.25, 0.3) is 0 Å². The van der Waals surface area contributed by atoms with E-state index in [9.17, 15) is 13.6 Å². The van der Waals surface area contributed by atoms with Crippen molar-refractivity contribution in [2.75, 3.05) is 19.7 Å². The fourth-order valence-electron chi connectivity index (χ4n) is 2.38. The Morgan fingerprint density at radius 3 is 3.00 bits per heavy atom. The number of carbonyl (C=O) groups is 1. The number of benzene rings is 1. The first-order valence-electron chi connectivity index (χ1n) is 6.98. The van der Waals surface area contributed by atoms with Crippen molar-refractivity contribution in [1.29, 1.82) is 0 Å². The number of halogens is 2. The quantitative estimate of drug-likeness (QED) is 0.850. The maximum absolute atomic E-state index is 13.7. The molecule has 1 aromatic carbocycles. The molecule has 110 valence electrons. The molecule has 5 heteroatoms. The molecule has 1 aliphatic rings. The maximum atomic E-state index is 13.7. The fourth-order valence-corrected chi connectivity index (χ4v) is 2.38. The highest BCUT2D eigenvalue weighted by Gasteiger charge is 2.27. The van der Waals surface area contributed by atoms with E-state index in [0.29, 0.717) is 19.7 Å². The van der Waals surface area contributed by atoms with Crippen molar-refractivity contribution >= 4 is 5.91 Å². The van der Waals surface area contributed by atoms with E-state index in [-0.39, 0.29) is 11.7 Å². The first kappa shape index (κ1) is 14.9. The number of ether oxygens (including phenoxy) is 1. The minimum Gasteiger partial charge on any atom is -0.376 e. The van der Waals surface area contributed by atoms with Crippen molar-refractivity contribution in [2.45, 2.75) is 32.3 Å². The molecule has 1 unspecified atom stereocenters. The lowest BCUT2D eigenvalue weighted by Crippen LogP contribution is -2.43. The second-order valence-electron chi connectivity index (χ2n) is 4.99. The highest BCUT2D eigenvalue weighted by Crippen LogP contribution is 2.19. The fraction of sp³-hybridized carbons (Fsp3) is 0.533. The Bertz CT molecular complexity index is 479. The molecule has 0 N–H and O–H groups in total. The van der Waals surface area contributed by atoms with Gasteiger partial charge in [-0.25, -0.2) is 8.78 Å². The molecule has 1 aromatic rings. The smallest absolute Gasteiger partial charge is 0.257 e. The summed E-state index contributed by atoms with van der Waals surface area (Å²) in [7, 11) is 0. The van der Waals surface area contributed by atoms with Gasteiger partial charge >= 0.3 is 0 Å². The summed E-state index contributed by atoms with van der Waals surface area (Å²) in [5.74, 6) is -2.53. The van der Waals surface area contributed by atoms with Gasteiger partial charge in [-0.2, -0.15) is 0 Å². The lowest BCUT2D eigenvalue weighted by molar-refractivity contribution is 0.00194. The predicted octanol–water partition coefficient (Wildman–Crippen LogP) is 3.00. The Kier molecular flexibility index (Phi) is 5.06. The number of likely N-dealkylation sites (tertiary alicyclic amines) is 1. The molecule has 20 heavy (non-hydrogen) atoms. The zero-order valence-corrected chi connectivity index (χ0v) is 11.6. The van der Waals surface area contributed by atoms with Crippen molar-refractivity contribution in [2.24, 2.45) is 0 Å². The highest BCUT2D eigenvalue weighted by atomic mass is 19.2. The largest absolute Gasteiger partial charge is 0.376 e. The minimum absolute atomic E-state index is 0.00993. The third-order valence-electron chi connectivity index (χ3n) is 3.41. The Labute approximate surface area is 117 Å². The Morgan fingerprint density at radius 2 is 2.25 bits per heavy atom. The van der Waals surface area contributed by atoms with Crippen molar-refractivity contribution in [1.82, 2.24) is 4.90 Å². The first-order valence-corrected chi connectivity index (χ1v) is 6.98. The molecule has 1 aliphatic heterocycles. The van der Waals surface area contributed by atoms with E-state index in [1.165, 1.54) is 12.1 Å². The van der Waals surface area contributed by atoms with Crippen molar-refractivity contribution in [3.63, 3.8) is 0 Å². The van der Waals surface area contributed by atoms with Crippen molar-refractivity contribution in [3.8, 4) is 0 Å². The number of hydrogen-bond acceptors (Lipinski definition) is 2. The third-order valence-corrected chi connectivity index (χ3v) is 3.41. The van der Waals surface area contributed by atoms with Crippen molar-refractivity contribution < 1.29 is 18.3 Å². The summed E-state index contributed by atoms with van der Waals surface area (Å²) in [5, 5.41) is 0. The lowest BCUT2D eigenvalue weighted by atomic mass is 10.1. The van der Waals surface area contributed by atoms with Crippen LogP contribution in [0.4, 0.5) is 8.78 Å². The summed E-state index contributed by atoms with van der Waals surface area (Å²) in [6, 6.07) is 3.67. The van der Waals surface area contributed by atoms with Gasteiger partial charge in [-0.3, -0.25) is 4.79 Å². The zero-order valence-electron chi connectivity index (χ0n) is 11.6. The van der Waals surface area contributed by atoms with Crippen LogP contribution in [-0.2, 0) is 4.74 Å². The third kappa shape index (κ3) is 3.33. The molecule has 0 radical (unpaired) electrons. The van der Waals surface area contributed by atoms with Crippen LogP contribution in [0.3, 0.4) is 0 Å². The van der Waals surface area contributed by atoms with Crippen LogP contribution in [0.1, 0.15) is 36.5 Å². The predicted molar refractivity (Wildman–Crippen MR) is 71.5 cm³/mol. The number of amides is 1. The summed E-state index contributed by atoms with van der Waals surface area (Å²) in [6.45, 7) is 3.67. The second-order valence-corrected chi connectivity index (χ2v) is 4.99. The van der Waals surface area contributed by atoms with Crippen LogP contribution in [0.2, 0.25) is 0 Å². The normalized spacial score (nSPS) is 19.1. The molecular formula is C15H19F2NO2. The molecular weight excluding hydrogens is 264 g/mol. The molecule has 1 atom stereocenters. The molecule has 0 bridgehead atoms. The molecule has 0 saturated carbocycles. The molecule has 0 aromatic heterocycles. The highest BCUT2D eigenvalue weighted by molar-refractivity contribution is 5.94. The zero-order chi connectivity index (χ0) is 14.5. The Hall–Kier alpha value is -1.49. The summed E-state index contributed by atoms with van der Waals surface area (Å²) < 4.78 is 32.5. The van der Waals surface area contributed by atoms with Gasteiger partial charge in [0.25, 0.3) is 5.91 Å². The van der Waals surface area contributed by atoms with Gasteiger partial charge in [0.2, 0.25) is 0 Å². The van der Waals surface area contributed by atoms with Gasteiger partial charge in [-0.05, 0) is 31.4 Å². The van der Waals surface area contributed by atoms with Gasteiger partial charge < -0.3 is 9.64 Å². The van der Waals surface area contributed by atoms with E-state index in [1.54, 1.807) is 4.90 Å². The maximum Gasteiger partial charge on any atom is 0.257 e. The number of hydrogen-bond donors (Lipinski definition) is 0. The van der Waals surface area contributed by atoms with Crippen LogP contribution in [0, 0.1) is 11.6 Å². The number of carbonyl (C=O) groups excluding carboxylic acids is 1. The summed E-state index contributed by atoms with van der Waals surface area (Å²) >= 11 is 0. The molecule has 1 fully saturated rings. The van der Waals surface area contributed by atoms with Crippen LogP contribution >= 0.6 is 0 Å². The van der Waals surface area contributed by atoms with Gasteiger partial charge in [0.05, 0.1) is 11.7 Å². The Morgan fingerprint density at radius 1 is 1.45 bits per heavy atom. The van der Waals surface area contributed by atoms with Crippen LogP contribution < -0.4 is 0 Å². The van der Waals surface area contributed by atoms with Gasteiger partial charge in [0.1, 0.15) is 0 Å². The van der Waals surface area contributed by atoms with E-state index in [2.05, 4.69) is 0 Å². The Balaban J connectivity index is 2.06. The molecule has 0 aliphatic carbocycles. The van der Waals surface area contributed by atoms with Gasteiger partial charge in [0.15, 0.2) is 11.6 Å². The molecule has 1 saturated heterocycles. The second kappa shape index (κ2) is 6.79. The van der Waals surface area contributed by atoms with E-state index in [1.807, 2.05) is 6.92 Å². The number of piperidine rings is 1. The lowest BCUT2D eigenvalue weighted by Gasteiger charge is -2.32. The SMILES string of the molecule is CCCOC1CCCN(C(=O)c2cccc(F)c2F)C1. The molecule has 1 amide bonds. The van der Waals surface area contributed by atoms with Gasteiger partial charge in [0, 0.05) is 19.7 Å². The van der Waals surface area contributed by atoms with Crippen LogP contribution in [0.5, 0.6) is 0 Å². The standard InChI is InChI=1S/C15H19F2NO2/c1-2-9-20-11-5-4-8-18(10-11)15(19)12-6-3-7-13(16)14(12)17/h3,6-7,11H,2,4-5,8-10H2,1H3. The van der Waals surface area contributed by atoms with Gasteiger partial charge in [-0.15, -0.1) is 0 Å². The van der Waals surface area contributed by atoms with Crippen LogP contribution in [-0.4, -0.2) is 36.6 Å². The van der Waals surface area contributed by atoms with E-state index < -0.39 is 17.5 Å². The summed E-state index contributed by atoms with van der Waals surface area (Å²) in [4.78, 5) is 13.8. The van der Waals surface area contributed by atoms with Crippen LogP contribution in [0.15, 0.2) is 18.2 Å². The van der Waals surface area contributed by atoms with Crippen molar-refractivity contribution in [3.05, 3.63) is 35.4 Å². The van der Waals surface area contributed by atoms with Gasteiger partial charge in [-0.1, -0.05) is 13.0 Å². The average molecular weight is 283 g/mol. The summed E-state index contributed by atoms with van der Waals surface area (Å²) in [5.41, 5.74) is -0.207. The molecule has 3 nitrogen and oxygen atoms in total. The van der Waals surface area contributed by atoms with E-state index in [0.717, 1.165) is 25.3 Å². The first-order chi connectivity index (χ1) is 9.63. The number of rotatable bonds is 4. The monoisotopic (exact) mass is 283 g/mol. The molecule has 0 spiro atoms. The molecule has 2 rings (SSSR count).